The molecule has 3 unspecified atom stereocenters. The van der Waals surface area contributed by atoms with Gasteiger partial charge in [0.25, 0.3) is 0 Å². The molecule has 6 heteroatoms. The van der Waals surface area contributed by atoms with Crippen LogP contribution in [0, 0.1) is 11.3 Å². The summed E-state index contributed by atoms with van der Waals surface area (Å²) >= 11 is 0. The van der Waals surface area contributed by atoms with Gasteiger partial charge in [0.15, 0.2) is 0 Å². The zero-order valence-corrected chi connectivity index (χ0v) is 13.9. The molecule has 3 atom stereocenters. The molecule has 2 aliphatic carbocycles. The van der Waals surface area contributed by atoms with Gasteiger partial charge in [0.05, 0.1) is 19.5 Å². The highest BCUT2D eigenvalue weighted by Gasteiger charge is 2.62. The van der Waals surface area contributed by atoms with Crippen molar-refractivity contribution in [3.63, 3.8) is 0 Å². The van der Waals surface area contributed by atoms with Crippen molar-refractivity contribution in [2.24, 2.45) is 11.3 Å². The van der Waals surface area contributed by atoms with E-state index in [0.717, 1.165) is 39.1 Å². The Morgan fingerprint density at radius 1 is 1.32 bits per heavy atom. The zero-order valence-electron chi connectivity index (χ0n) is 13.1. The third-order valence-electron chi connectivity index (χ3n) is 5.75. The highest BCUT2D eigenvalue weighted by atomic mass is 32.2. The quantitative estimate of drug-likeness (QED) is 0.772. The van der Waals surface area contributed by atoms with E-state index in [4.69, 9.17) is 4.74 Å². The van der Waals surface area contributed by atoms with Crippen LogP contribution in [0.1, 0.15) is 12.8 Å². The molecule has 0 aromatic carbocycles. The van der Waals surface area contributed by atoms with Crippen LogP contribution in [0.15, 0.2) is 23.8 Å². The van der Waals surface area contributed by atoms with Crippen molar-refractivity contribution in [1.82, 2.24) is 9.21 Å². The first-order valence-corrected chi connectivity index (χ1v) is 10.00. The number of rotatable bonds is 3. The van der Waals surface area contributed by atoms with Crippen molar-refractivity contribution in [1.29, 1.82) is 0 Å². The van der Waals surface area contributed by atoms with Gasteiger partial charge in [0.2, 0.25) is 10.0 Å². The number of hydrogen-bond donors (Lipinski definition) is 0. The average Bonchev–Trinajstić information content (AvgIpc) is 3.09. The lowest BCUT2D eigenvalue weighted by atomic mass is 9.88. The summed E-state index contributed by atoms with van der Waals surface area (Å²) in [7, 11) is -3.05. The van der Waals surface area contributed by atoms with Gasteiger partial charge < -0.3 is 4.74 Å². The summed E-state index contributed by atoms with van der Waals surface area (Å²) in [6.45, 7) is 5.06. The van der Waals surface area contributed by atoms with Crippen LogP contribution >= 0.6 is 0 Å². The van der Waals surface area contributed by atoms with Gasteiger partial charge in [0, 0.05) is 37.6 Å². The van der Waals surface area contributed by atoms with Gasteiger partial charge >= 0.3 is 0 Å². The predicted octanol–water partition coefficient (Wildman–Crippen LogP) is 0.855. The van der Waals surface area contributed by atoms with E-state index in [9.17, 15) is 8.42 Å². The molecule has 4 aliphatic rings. The number of allylic oxidation sites excluding steroid dienone is 1. The molecule has 1 saturated carbocycles. The lowest BCUT2D eigenvalue weighted by Gasteiger charge is -2.34. The SMILES string of the molecule is CS(=O)(=O)N1CC2CC2(C2=CCC(N3CCOCC3)C=C2)C1. The molecule has 3 fully saturated rings. The molecule has 5 nitrogen and oxygen atoms in total. The molecule has 0 N–H and O–H groups in total. The molecule has 0 bridgehead atoms. The maximum absolute atomic E-state index is 11.8. The molecule has 122 valence electrons. The number of sulfonamides is 1. The van der Waals surface area contributed by atoms with E-state index in [1.165, 1.54) is 11.8 Å². The summed E-state index contributed by atoms with van der Waals surface area (Å²) in [6, 6.07) is 0.480. The summed E-state index contributed by atoms with van der Waals surface area (Å²) in [5.74, 6) is 0.526. The first kappa shape index (κ1) is 14.9. The number of morpholine rings is 1. The number of nitrogens with zero attached hydrogens (tertiary/aromatic N) is 2. The minimum atomic E-state index is -3.05. The van der Waals surface area contributed by atoms with E-state index in [1.807, 2.05) is 0 Å². The van der Waals surface area contributed by atoms with E-state index in [2.05, 4.69) is 23.1 Å². The predicted molar refractivity (Wildman–Crippen MR) is 85.0 cm³/mol. The lowest BCUT2D eigenvalue weighted by molar-refractivity contribution is 0.0258. The molecule has 2 aliphatic heterocycles. The normalized spacial score (nSPS) is 39.6. The molecule has 22 heavy (non-hydrogen) atoms. The summed E-state index contributed by atoms with van der Waals surface area (Å²) in [6.07, 6.45) is 10.4. The van der Waals surface area contributed by atoms with E-state index in [0.29, 0.717) is 25.0 Å². The minimum Gasteiger partial charge on any atom is -0.379 e. The molecule has 0 amide bonds. The van der Waals surface area contributed by atoms with Gasteiger partial charge in [-0.15, -0.1) is 0 Å². The van der Waals surface area contributed by atoms with Gasteiger partial charge in [-0.3, -0.25) is 4.90 Å². The average molecular weight is 324 g/mol. The summed E-state index contributed by atoms with van der Waals surface area (Å²) in [5.41, 5.74) is 1.49. The summed E-state index contributed by atoms with van der Waals surface area (Å²) in [5, 5.41) is 0. The van der Waals surface area contributed by atoms with Crippen LogP contribution < -0.4 is 0 Å². The molecule has 0 aromatic heterocycles. The van der Waals surface area contributed by atoms with E-state index in [-0.39, 0.29) is 5.41 Å². The maximum Gasteiger partial charge on any atom is 0.211 e. The number of ether oxygens (including phenoxy) is 1. The molecule has 2 saturated heterocycles. The van der Waals surface area contributed by atoms with Crippen molar-refractivity contribution in [3.05, 3.63) is 23.8 Å². The van der Waals surface area contributed by atoms with Gasteiger partial charge in [0.1, 0.15) is 0 Å². The van der Waals surface area contributed by atoms with Crippen molar-refractivity contribution >= 4 is 10.0 Å². The molecule has 0 spiro atoms. The fraction of sp³-hybridized carbons (Fsp3) is 0.750. The van der Waals surface area contributed by atoms with Crippen molar-refractivity contribution in [2.45, 2.75) is 18.9 Å². The Morgan fingerprint density at radius 2 is 2.09 bits per heavy atom. The first-order valence-electron chi connectivity index (χ1n) is 8.15. The van der Waals surface area contributed by atoms with Crippen molar-refractivity contribution in [2.75, 3.05) is 45.6 Å². The number of piperidine rings is 1. The van der Waals surface area contributed by atoms with Gasteiger partial charge in [-0.05, 0) is 24.3 Å². The third-order valence-corrected chi connectivity index (χ3v) is 6.97. The van der Waals surface area contributed by atoms with Crippen LogP contribution in [0.3, 0.4) is 0 Å². The summed E-state index contributed by atoms with van der Waals surface area (Å²) in [4.78, 5) is 2.48. The van der Waals surface area contributed by atoms with Crippen LogP contribution in [0.2, 0.25) is 0 Å². The smallest absolute Gasteiger partial charge is 0.211 e. The fourth-order valence-corrected chi connectivity index (χ4v) is 5.21. The van der Waals surface area contributed by atoms with Crippen LogP contribution in [-0.4, -0.2) is 69.3 Å². The molecular formula is C16H24N2O3S. The van der Waals surface area contributed by atoms with E-state index < -0.39 is 10.0 Å². The van der Waals surface area contributed by atoms with Gasteiger partial charge in [-0.1, -0.05) is 18.2 Å². The topological polar surface area (TPSA) is 49.9 Å². The van der Waals surface area contributed by atoms with Crippen LogP contribution in [0.4, 0.5) is 0 Å². The lowest BCUT2D eigenvalue weighted by Crippen LogP contribution is -2.43. The van der Waals surface area contributed by atoms with Crippen molar-refractivity contribution in [3.8, 4) is 0 Å². The fourth-order valence-electron chi connectivity index (χ4n) is 4.29. The second kappa shape index (κ2) is 5.16. The molecule has 4 rings (SSSR count). The molecule has 0 radical (unpaired) electrons. The van der Waals surface area contributed by atoms with Crippen LogP contribution in [-0.2, 0) is 14.8 Å². The highest BCUT2D eigenvalue weighted by molar-refractivity contribution is 7.88. The first-order chi connectivity index (χ1) is 10.5. The monoisotopic (exact) mass is 324 g/mol. The van der Waals surface area contributed by atoms with Crippen LogP contribution in [0.5, 0.6) is 0 Å². The minimum absolute atomic E-state index is 0.121. The molecule has 0 aromatic rings. The standard InChI is InChI=1S/C16H24N2O3S/c1-22(19,20)18-11-14-10-16(14,12-18)13-2-4-15(5-3-13)17-6-8-21-9-7-17/h2-4,14-15H,5-12H2,1H3. The number of hydrogen-bond acceptors (Lipinski definition) is 4. The largest absolute Gasteiger partial charge is 0.379 e. The second-order valence-electron chi connectivity index (χ2n) is 7.08. The molecule has 2 heterocycles. The molecular weight excluding hydrogens is 300 g/mol. The Morgan fingerprint density at radius 3 is 2.68 bits per heavy atom. The van der Waals surface area contributed by atoms with E-state index in [1.54, 1.807) is 4.31 Å². The maximum atomic E-state index is 11.8. The Labute approximate surface area is 132 Å². The Bertz CT molecular complexity index is 621. The van der Waals surface area contributed by atoms with Gasteiger partial charge in [-0.2, -0.15) is 0 Å². The highest BCUT2D eigenvalue weighted by Crippen LogP contribution is 2.63. The number of fused-ring (bicyclic) bond motifs is 1. The Kier molecular flexibility index (Phi) is 3.49. The van der Waals surface area contributed by atoms with Crippen LogP contribution in [0.25, 0.3) is 0 Å². The third kappa shape index (κ3) is 2.46. The van der Waals surface area contributed by atoms with E-state index >= 15 is 0 Å². The zero-order chi connectivity index (χ0) is 15.4. The Balaban J connectivity index is 1.43. The Hall–Kier alpha value is -0.690. The summed E-state index contributed by atoms with van der Waals surface area (Å²) < 4.78 is 30.6. The van der Waals surface area contributed by atoms with Crippen molar-refractivity contribution < 1.29 is 13.2 Å². The second-order valence-corrected chi connectivity index (χ2v) is 9.07. The van der Waals surface area contributed by atoms with Gasteiger partial charge in [-0.25, -0.2) is 12.7 Å².